The molecule has 0 aromatic carbocycles. The minimum Gasteiger partial charge on any atom is -0.378 e. The van der Waals surface area contributed by atoms with Crippen LogP contribution in [0.5, 0.6) is 0 Å². The fraction of sp³-hybridized carbons (Fsp3) is 0.455. The van der Waals surface area contributed by atoms with E-state index >= 15 is 0 Å². The molecule has 1 aromatic rings. The number of fused-ring (bicyclic) bond motifs is 1. The first kappa shape index (κ1) is 9.59. The number of rotatable bonds is 1. The zero-order valence-electron chi connectivity index (χ0n) is 8.90. The van der Waals surface area contributed by atoms with Crippen molar-refractivity contribution in [2.45, 2.75) is 6.54 Å². The number of nitrogens with zero attached hydrogens (tertiary/aromatic N) is 2. The third-order valence-corrected chi connectivity index (χ3v) is 2.96. The van der Waals surface area contributed by atoms with E-state index in [0.29, 0.717) is 12.1 Å². The van der Waals surface area contributed by atoms with E-state index in [0.717, 1.165) is 37.8 Å². The molecular weight excluding hydrogens is 206 g/mol. The molecule has 0 aliphatic carbocycles. The van der Waals surface area contributed by atoms with Gasteiger partial charge in [0.15, 0.2) is 0 Å². The number of ether oxygens (including phenoxy) is 1. The van der Waals surface area contributed by atoms with Gasteiger partial charge in [-0.25, -0.2) is 4.98 Å². The molecule has 5 heteroatoms. The van der Waals surface area contributed by atoms with Gasteiger partial charge in [0.2, 0.25) is 0 Å². The number of hydrogen-bond acceptors (Lipinski definition) is 4. The Labute approximate surface area is 93.4 Å². The van der Waals surface area contributed by atoms with Gasteiger partial charge >= 0.3 is 0 Å². The quantitative estimate of drug-likeness (QED) is 0.731. The van der Waals surface area contributed by atoms with E-state index in [-0.39, 0.29) is 5.91 Å². The molecule has 5 nitrogen and oxygen atoms in total. The zero-order chi connectivity index (χ0) is 11.0. The monoisotopic (exact) mass is 219 g/mol. The normalized spacial score (nSPS) is 19.5. The predicted octanol–water partition coefficient (Wildman–Crippen LogP) is 0.162. The SMILES string of the molecule is O=C1NCc2nc(N3CCOCC3)ccc21. The third-order valence-electron chi connectivity index (χ3n) is 2.96. The second-order valence-corrected chi connectivity index (χ2v) is 3.95. The molecule has 0 saturated carbocycles. The summed E-state index contributed by atoms with van der Waals surface area (Å²) in [6.45, 7) is 3.78. The predicted molar refractivity (Wildman–Crippen MR) is 58.4 cm³/mol. The standard InChI is InChI=1S/C11H13N3O2/c15-11-8-1-2-10(13-9(8)7-12-11)14-3-5-16-6-4-14/h1-2H,3-7H2,(H,12,15). The third kappa shape index (κ3) is 1.53. The van der Waals surface area contributed by atoms with E-state index in [1.165, 1.54) is 0 Å². The Morgan fingerprint density at radius 1 is 1.31 bits per heavy atom. The van der Waals surface area contributed by atoms with Crippen LogP contribution < -0.4 is 10.2 Å². The van der Waals surface area contributed by atoms with E-state index in [9.17, 15) is 4.79 Å². The first-order valence-corrected chi connectivity index (χ1v) is 5.45. The van der Waals surface area contributed by atoms with E-state index in [2.05, 4.69) is 15.2 Å². The van der Waals surface area contributed by atoms with Gasteiger partial charge in [0, 0.05) is 13.1 Å². The molecule has 84 valence electrons. The molecule has 3 heterocycles. The van der Waals surface area contributed by atoms with Crippen LogP contribution in [-0.4, -0.2) is 37.2 Å². The molecule has 3 rings (SSSR count). The van der Waals surface area contributed by atoms with E-state index in [1.54, 1.807) is 0 Å². The molecule has 1 N–H and O–H groups in total. The molecule has 0 spiro atoms. The summed E-state index contributed by atoms with van der Waals surface area (Å²) in [6.07, 6.45) is 0. The second-order valence-electron chi connectivity index (χ2n) is 3.95. The summed E-state index contributed by atoms with van der Waals surface area (Å²) in [5.74, 6) is 0.926. The first-order valence-electron chi connectivity index (χ1n) is 5.45. The zero-order valence-corrected chi connectivity index (χ0v) is 8.90. The second kappa shape index (κ2) is 3.75. The van der Waals surface area contributed by atoms with Crippen LogP contribution in [0.25, 0.3) is 0 Å². The van der Waals surface area contributed by atoms with Crippen LogP contribution in [0.1, 0.15) is 16.1 Å². The highest BCUT2D eigenvalue weighted by atomic mass is 16.5. The molecule has 2 aliphatic rings. The van der Waals surface area contributed by atoms with Crippen LogP contribution in [0.4, 0.5) is 5.82 Å². The lowest BCUT2D eigenvalue weighted by Gasteiger charge is -2.27. The highest BCUT2D eigenvalue weighted by molar-refractivity contribution is 5.97. The number of morpholine rings is 1. The van der Waals surface area contributed by atoms with Crippen molar-refractivity contribution in [3.63, 3.8) is 0 Å². The number of pyridine rings is 1. The van der Waals surface area contributed by atoms with Gasteiger partial charge in [-0.15, -0.1) is 0 Å². The van der Waals surface area contributed by atoms with Gasteiger partial charge in [-0.2, -0.15) is 0 Å². The van der Waals surface area contributed by atoms with Gasteiger partial charge in [-0.05, 0) is 12.1 Å². The molecule has 2 aliphatic heterocycles. The molecule has 1 aromatic heterocycles. The number of carbonyl (C=O) groups excluding carboxylic acids is 1. The Bertz CT molecular complexity index is 427. The fourth-order valence-electron chi connectivity index (χ4n) is 2.06. The summed E-state index contributed by atoms with van der Waals surface area (Å²) in [5.41, 5.74) is 1.56. The van der Waals surface area contributed by atoms with E-state index < -0.39 is 0 Å². The van der Waals surface area contributed by atoms with Crippen LogP contribution in [-0.2, 0) is 11.3 Å². The highest BCUT2D eigenvalue weighted by Crippen LogP contribution is 2.19. The maximum Gasteiger partial charge on any atom is 0.253 e. The molecule has 0 unspecified atom stereocenters. The number of hydrogen-bond donors (Lipinski definition) is 1. The van der Waals surface area contributed by atoms with Gasteiger partial charge in [-0.1, -0.05) is 0 Å². The Balaban J connectivity index is 1.89. The maximum atomic E-state index is 11.4. The average molecular weight is 219 g/mol. The van der Waals surface area contributed by atoms with Gasteiger partial charge < -0.3 is 15.0 Å². The van der Waals surface area contributed by atoms with Crippen molar-refractivity contribution in [1.29, 1.82) is 0 Å². The van der Waals surface area contributed by atoms with Gasteiger partial charge in [0.25, 0.3) is 5.91 Å². The number of carbonyl (C=O) groups is 1. The van der Waals surface area contributed by atoms with Crippen molar-refractivity contribution in [2.24, 2.45) is 0 Å². The largest absolute Gasteiger partial charge is 0.378 e. The van der Waals surface area contributed by atoms with Crippen LogP contribution in [0.3, 0.4) is 0 Å². The molecule has 0 radical (unpaired) electrons. The number of amides is 1. The van der Waals surface area contributed by atoms with Crippen LogP contribution in [0, 0.1) is 0 Å². The maximum absolute atomic E-state index is 11.4. The van der Waals surface area contributed by atoms with E-state index in [4.69, 9.17) is 4.74 Å². The first-order chi connectivity index (χ1) is 7.84. The van der Waals surface area contributed by atoms with Crippen molar-refractivity contribution < 1.29 is 9.53 Å². The van der Waals surface area contributed by atoms with Gasteiger partial charge in [0.1, 0.15) is 5.82 Å². The molecule has 0 atom stereocenters. The highest BCUT2D eigenvalue weighted by Gasteiger charge is 2.21. The van der Waals surface area contributed by atoms with E-state index in [1.807, 2.05) is 12.1 Å². The van der Waals surface area contributed by atoms with Gasteiger partial charge in [-0.3, -0.25) is 4.79 Å². The molecule has 16 heavy (non-hydrogen) atoms. The summed E-state index contributed by atoms with van der Waals surface area (Å²) < 4.78 is 5.29. The molecule has 1 fully saturated rings. The Kier molecular flexibility index (Phi) is 2.25. The lowest BCUT2D eigenvalue weighted by atomic mass is 10.2. The molecule has 0 bridgehead atoms. The van der Waals surface area contributed by atoms with Crippen LogP contribution in [0.15, 0.2) is 12.1 Å². The summed E-state index contributed by atoms with van der Waals surface area (Å²) in [6, 6.07) is 3.77. The van der Waals surface area contributed by atoms with Crippen molar-refractivity contribution in [2.75, 3.05) is 31.2 Å². The Morgan fingerprint density at radius 2 is 2.12 bits per heavy atom. The Hall–Kier alpha value is -1.62. The number of anilines is 1. The van der Waals surface area contributed by atoms with Crippen molar-refractivity contribution in [3.05, 3.63) is 23.4 Å². The minimum absolute atomic E-state index is 0.0176. The summed E-state index contributed by atoms with van der Waals surface area (Å²) >= 11 is 0. The van der Waals surface area contributed by atoms with Crippen molar-refractivity contribution in [3.8, 4) is 0 Å². The average Bonchev–Trinajstić information content (AvgIpc) is 2.72. The summed E-state index contributed by atoms with van der Waals surface area (Å²) in [4.78, 5) is 18.1. The van der Waals surface area contributed by atoms with Crippen LogP contribution >= 0.6 is 0 Å². The van der Waals surface area contributed by atoms with Crippen LogP contribution in [0.2, 0.25) is 0 Å². The topological polar surface area (TPSA) is 54.5 Å². The molecular formula is C11H13N3O2. The number of aromatic nitrogens is 1. The molecule has 1 saturated heterocycles. The molecule has 1 amide bonds. The van der Waals surface area contributed by atoms with Crippen molar-refractivity contribution >= 4 is 11.7 Å². The summed E-state index contributed by atoms with van der Waals surface area (Å²) in [7, 11) is 0. The Morgan fingerprint density at radius 3 is 2.94 bits per heavy atom. The summed E-state index contributed by atoms with van der Waals surface area (Å²) in [5, 5.41) is 2.77. The lowest BCUT2D eigenvalue weighted by Crippen LogP contribution is -2.36. The lowest BCUT2D eigenvalue weighted by molar-refractivity contribution is 0.0965. The smallest absolute Gasteiger partial charge is 0.253 e. The van der Waals surface area contributed by atoms with Crippen molar-refractivity contribution in [1.82, 2.24) is 10.3 Å². The number of nitrogens with one attached hydrogen (secondary N) is 1. The minimum atomic E-state index is -0.0176. The fourth-order valence-corrected chi connectivity index (χ4v) is 2.06. The van der Waals surface area contributed by atoms with Gasteiger partial charge in [0.05, 0.1) is 31.0 Å².